The Morgan fingerprint density at radius 1 is 1.22 bits per heavy atom. The van der Waals surface area contributed by atoms with E-state index in [0.717, 1.165) is 30.9 Å². The van der Waals surface area contributed by atoms with E-state index in [1.54, 1.807) is 0 Å². The molecule has 0 unspecified atom stereocenters. The summed E-state index contributed by atoms with van der Waals surface area (Å²) in [6, 6.07) is 4.65. The van der Waals surface area contributed by atoms with Crippen molar-refractivity contribution < 1.29 is 9.47 Å². The summed E-state index contributed by atoms with van der Waals surface area (Å²) in [4.78, 5) is 2.55. The van der Waals surface area contributed by atoms with E-state index >= 15 is 0 Å². The highest BCUT2D eigenvalue weighted by atomic mass is 35.5. The van der Waals surface area contributed by atoms with E-state index in [1.807, 2.05) is 26.0 Å². The molecule has 0 bridgehead atoms. The number of halogens is 1. The van der Waals surface area contributed by atoms with Gasteiger partial charge in [-0.3, -0.25) is 4.90 Å². The molecule has 1 aliphatic heterocycles. The Bertz CT molecular complexity index is 496. The largest absolute Gasteiger partial charge is 0.490 e. The highest BCUT2D eigenvalue weighted by molar-refractivity contribution is 6.32. The molecule has 1 fully saturated rings. The average molecular weight is 341 g/mol. The minimum atomic E-state index is 0.575. The Balaban J connectivity index is 1.96. The molecular weight excluding hydrogens is 312 g/mol. The van der Waals surface area contributed by atoms with Crippen molar-refractivity contribution >= 4 is 11.6 Å². The molecule has 130 valence electrons. The fourth-order valence-corrected chi connectivity index (χ4v) is 3.48. The van der Waals surface area contributed by atoms with E-state index < -0.39 is 0 Å². The van der Waals surface area contributed by atoms with Crippen LogP contribution in [0.3, 0.4) is 0 Å². The second-order valence-corrected chi connectivity index (χ2v) is 6.23. The molecule has 0 radical (unpaired) electrons. The maximum absolute atomic E-state index is 6.36. The molecule has 0 aromatic heterocycles. The number of likely N-dealkylation sites (tertiary alicyclic amines) is 1. The predicted molar refractivity (Wildman–Crippen MR) is 95.8 cm³/mol. The summed E-state index contributed by atoms with van der Waals surface area (Å²) < 4.78 is 11.3. The first kappa shape index (κ1) is 18.4. The molecule has 4 nitrogen and oxygen atoms in total. The fourth-order valence-electron chi connectivity index (χ4n) is 3.20. The Morgan fingerprint density at radius 2 is 2.00 bits per heavy atom. The zero-order valence-electron chi connectivity index (χ0n) is 14.5. The Labute approximate surface area is 145 Å². The molecule has 1 aliphatic rings. The molecule has 1 aromatic carbocycles. The van der Waals surface area contributed by atoms with Crippen LogP contribution in [-0.4, -0.2) is 43.8 Å². The predicted octanol–water partition coefficient (Wildman–Crippen LogP) is 3.71. The molecule has 1 atom stereocenters. The molecule has 0 saturated carbocycles. The van der Waals surface area contributed by atoms with Crippen LogP contribution in [0.4, 0.5) is 0 Å². The second kappa shape index (κ2) is 9.36. The van der Waals surface area contributed by atoms with Gasteiger partial charge in [0, 0.05) is 19.1 Å². The van der Waals surface area contributed by atoms with E-state index in [-0.39, 0.29) is 0 Å². The number of likely N-dealkylation sites (N-methyl/N-ethyl adjacent to an activating group) is 1. The SMILES string of the molecule is CCOc1cc(CNC[C@H]2CCCN2CC)cc(Cl)c1OCC. The Hall–Kier alpha value is -0.970. The lowest BCUT2D eigenvalue weighted by Gasteiger charge is -2.23. The molecule has 23 heavy (non-hydrogen) atoms. The van der Waals surface area contributed by atoms with E-state index in [1.165, 1.54) is 19.4 Å². The van der Waals surface area contributed by atoms with Gasteiger partial charge in [0.05, 0.1) is 18.2 Å². The summed E-state index contributed by atoms with van der Waals surface area (Å²) in [6.45, 7) is 11.5. The Kier molecular flexibility index (Phi) is 7.47. The first-order chi connectivity index (χ1) is 11.2. The van der Waals surface area contributed by atoms with Gasteiger partial charge < -0.3 is 14.8 Å². The maximum Gasteiger partial charge on any atom is 0.179 e. The van der Waals surface area contributed by atoms with Crippen molar-refractivity contribution in [2.45, 2.75) is 46.2 Å². The molecule has 0 aliphatic carbocycles. The molecule has 0 amide bonds. The quantitative estimate of drug-likeness (QED) is 0.743. The standard InChI is InChI=1S/C18H29ClN2O2/c1-4-21-9-7-8-15(21)13-20-12-14-10-16(19)18(23-6-3)17(11-14)22-5-2/h10-11,15,20H,4-9,12-13H2,1-3H3/t15-/m1/s1. The number of hydrogen-bond acceptors (Lipinski definition) is 4. The van der Waals surface area contributed by atoms with E-state index in [2.05, 4.69) is 17.1 Å². The Morgan fingerprint density at radius 3 is 2.70 bits per heavy atom. The maximum atomic E-state index is 6.36. The van der Waals surface area contributed by atoms with Gasteiger partial charge in [0.2, 0.25) is 0 Å². The summed E-state index contributed by atoms with van der Waals surface area (Å²) in [5.41, 5.74) is 1.13. The molecule has 5 heteroatoms. The minimum absolute atomic E-state index is 0.575. The summed E-state index contributed by atoms with van der Waals surface area (Å²) >= 11 is 6.36. The van der Waals surface area contributed by atoms with Crippen LogP contribution in [0.25, 0.3) is 0 Å². The van der Waals surface area contributed by atoms with Crippen molar-refractivity contribution in [2.24, 2.45) is 0 Å². The second-order valence-electron chi connectivity index (χ2n) is 5.83. The lowest BCUT2D eigenvalue weighted by molar-refractivity contribution is 0.259. The van der Waals surface area contributed by atoms with Crippen molar-refractivity contribution in [3.8, 4) is 11.5 Å². The van der Waals surface area contributed by atoms with E-state index in [9.17, 15) is 0 Å². The third kappa shape index (κ3) is 5.00. The van der Waals surface area contributed by atoms with Crippen LogP contribution < -0.4 is 14.8 Å². The van der Waals surface area contributed by atoms with Crippen molar-refractivity contribution in [3.05, 3.63) is 22.7 Å². The molecule has 1 saturated heterocycles. The van der Waals surface area contributed by atoms with Crippen LogP contribution >= 0.6 is 11.6 Å². The van der Waals surface area contributed by atoms with Crippen molar-refractivity contribution in [3.63, 3.8) is 0 Å². The highest BCUT2D eigenvalue weighted by Gasteiger charge is 2.22. The van der Waals surface area contributed by atoms with Gasteiger partial charge in [-0.25, -0.2) is 0 Å². The van der Waals surface area contributed by atoms with Gasteiger partial charge in [0.25, 0.3) is 0 Å². The molecule has 1 aromatic rings. The third-order valence-corrected chi connectivity index (χ3v) is 4.55. The van der Waals surface area contributed by atoms with Gasteiger partial charge in [-0.1, -0.05) is 18.5 Å². The lowest BCUT2D eigenvalue weighted by Crippen LogP contribution is -2.37. The molecule has 1 heterocycles. The van der Waals surface area contributed by atoms with Crippen LogP contribution in [-0.2, 0) is 6.54 Å². The topological polar surface area (TPSA) is 33.7 Å². The number of rotatable bonds is 9. The number of benzene rings is 1. The van der Waals surface area contributed by atoms with Crippen LogP contribution in [0.15, 0.2) is 12.1 Å². The first-order valence-corrected chi connectivity index (χ1v) is 9.10. The number of ether oxygens (including phenoxy) is 2. The van der Waals surface area contributed by atoms with Crippen molar-refractivity contribution in [1.29, 1.82) is 0 Å². The van der Waals surface area contributed by atoms with Gasteiger partial charge in [-0.15, -0.1) is 0 Å². The number of nitrogens with one attached hydrogen (secondary N) is 1. The zero-order valence-corrected chi connectivity index (χ0v) is 15.3. The molecule has 0 spiro atoms. The summed E-state index contributed by atoms with van der Waals surface area (Å²) in [5.74, 6) is 1.38. The first-order valence-electron chi connectivity index (χ1n) is 8.72. The van der Waals surface area contributed by atoms with Gasteiger partial charge in [-0.2, -0.15) is 0 Å². The van der Waals surface area contributed by atoms with Gasteiger partial charge in [0.1, 0.15) is 0 Å². The summed E-state index contributed by atoms with van der Waals surface area (Å²) in [6.07, 6.45) is 2.60. The van der Waals surface area contributed by atoms with E-state index in [0.29, 0.717) is 30.0 Å². The zero-order chi connectivity index (χ0) is 16.7. The number of hydrogen-bond donors (Lipinski definition) is 1. The van der Waals surface area contributed by atoms with Crippen molar-refractivity contribution in [2.75, 3.05) is 32.8 Å². The van der Waals surface area contributed by atoms with Crippen LogP contribution in [0.1, 0.15) is 39.2 Å². The van der Waals surface area contributed by atoms with Crippen LogP contribution in [0, 0.1) is 0 Å². The minimum Gasteiger partial charge on any atom is -0.490 e. The highest BCUT2D eigenvalue weighted by Crippen LogP contribution is 2.36. The number of nitrogens with zero attached hydrogens (tertiary/aromatic N) is 1. The van der Waals surface area contributed by atoms with Crippen molar-refractivity contribution in [1.82, 2.24) is 10.2 Å². The van der Waals surface area contributed by atoms with E-state index in [4.69, 9.17) is 21.1 Å². The normalized spacial score (nSPS) is 18.3. The monoisotopic (exact) mass is 340 g/mol. The molecule has 1 N–H and O–H groups in total. The van der Waals surface area contributed by atoms with Gasteiger partial charge in [0.15, 0.2) is 11.5 Å². The smallest absolute Gasteiger partial charge is 0.179 e. The lowest BCUT2D eigenvalue weighted by atomic mass is 10.1. The summed E-state index contributed by atoms with van der Waals surface area (Å²) in [5, 5.41) is 4.18. The fraction of sp³-hybridized carbons (Fsp3) is 0.667. The van der Waals surface area contributed by atoms with Gasteiger partial charge in [-0.05, 0) is 57.5 Å². The third-order valence-electron chi connectivity index (χ3n) is 4.27. The molecule has 2 rings (SSSR count). The van der Waals surface area contributed by atoms with Crippen LogP contribution in [0.5, 0.6) is 11.5 Å². The average Bonchev–Trinajstić information content (AvgIpc) is 2.98. The van der Waals surface area contributed by atoms with Crippen LogP contribution in [0.2, 0.25) is 5.02 Å². The molecular formula is C18H29ClN2O2. The van der Waals surface area contributed by atoms with Gasteiger partial charge >= 0.3 is 0 Å². The summed E-state index contributed by atoms with van der Waals surface area (Å²) in [7, 11) is 0.